The first-order chi connectivity index (χ1) is 20.2. The van der Waals surface area contributed by atoms with Gasteiger partial charge in [0.2, 0.25) is 0 Å². The molecular weight excluding hydrogens is 496 g/mol. The molecule has 0 spiro atoms. The second-order valence-electron chi connectivity index (χ2n) is 13.6. The van der Waals surface area contributed by atoms with Gasteiger partial charge in [0.15, 0.2) is 0 Å². The highest BCUT2D eigenvalue weighted by Crippen LogP contribution is 2.30. The molecule has 2 heteroatoms. The molecule has 0 saturated carbocycles. The Labute approximate surface area is 259 Å². The zero-order valence-electron chi connectivity index (χ0n) is 28.9. The first-order valence-corrected chi connectivity index (χ1v) is 19.3. The van der Waals surface area contributed by atoms with Crippen LogP contribution >= 0.6 is 0 Å². The first kappa shape index (κ1) is 38.2. The summed E-state index contributed by atoms with van der Waals surface area (Å²) in [7, 11) is 0. The fourth-order valence-corrected chi connectivity index (χ4v) is 6.69. The summed E-state index contributed by atoms with van der Waals surface area (Å²) in [6, 6.07) is 0.589. The molecule has 2 nitrogen and oxygen atoms in total. The largest absolute Gasteiger partial charge is 0.332 e. The fourth-order valence-electron chi connectivity index (χ4n) is 6.69. The Morgan fingerprint density at radius 3 is 1.22 bits per heavy atom. The van der Waals surface area contributed by atoms with Crippen LogP contribution in [-0.2, 0) is 0 Å². The van der Waals surface area contributed by atoms with Crippen LogP contribution in [0.25, 0.3) is 0 Å². The van der Waals surface area contributed by atoms with Gasteiger partial charge in [-0.05, 0) is 26.2 Å². The molecule has 1 rings (SSSR count). The molecule has 2 unspecified atom stereocenters. The number of imidazole rings is 1. The summed E-state index contributed by atoms with van der Waals surface area (Å²) in [5.41, 5.74) is 0. The van der Waals surface area contributed by atoms with Crippen LogP contribution in [0.4, 0.5) is 0 Å². The Morgan fingerprint density at radius 1 is 0.463 bits per heavy atom. The Kier molecular flexibility index (Phi) is 27.3. The summed E-state index contributed by atoms with van der Waals surface area (Å²) >= 11 is 0. The minimum absolute atomic E-state index is 0.589. The van der Waals surface area contributed by atoms with Gasteiger partial charge in [-0.15, -0.1) is 0 Å². The topological polar surface area (TPSA) is 17.8 Å². The van der Waals surface area contributed by atoms with Crippen LogP contribution in [-0.4, -0.2) is 9.55 Å². The van der Waals surface area contributed by atoms with Gasteiger partial charge >= 0.3 is 0 Å². The maximum atomic E-state index is 4.94. The lowest BCUT2D eigenvalue weighted by Gasteiger charge is -2.22. The van der Waals surface area contributed by atoms with Gasteiger partial charge in [0, 0.05) is 24.4 Å². The normalized spacial score (nSPS) is 13.2. The van der Waals surface area contributed by atoms with Crippen molar-refractivity contribution in [3.05, 3.63) is 18.2 Å². The van der Waals surface area contributed by atoms with Crippen molar-refractivity contribution < 1.29 is 0 Å². The Hall–Kier alpha value is -0.790. The van der Waals surface area contributed by atoms with Crippen LogP contribution in [0.2, 0.25) is 0 Å². The van der Waals surface area contributed by atoms with Crippen molar-refractivity contribution in [2.75, 3.05) is 0 Å². The summed E-state index contributed by atoms with van der Waals surface area (Å²) in [6.07, 6.45) is 46.8. The predicted octanol–water partition coefficient (Wildman–Crippen LogP) is 14.3. The van der Waals surface area contributed by atoms with Gasteiger partial charge < -0.3 is 4.57 Å². The molecule has 0 fully saturated rings. The SMILES string of the molecule is CCCCCCCCCCCCCCCCCC(C)n1ccnc1C(CCCC)CCCCCCCCCCCC. The van der Waals surface area contributed by atoms with Crippen LogP contribution in [0.1, 0.15) is 238 Å². The van der Waals surface area contributed by atoms with Gasteiger partial charge in [0.25, 0.3) is 0 Å². The van der Waals surface area contributed by atoms with Gasteiger partial charge in [-0.1, -0.05) is 194 Å². The lowest BCUT2D eigenvalue weighted by atomic mass is 9.93. The molecule has 2 atom stereocenters. The smallest absolute Gasteiger partial charge is 0.111 e. The molecule has 0 radical (unpaired) electrons. The molecule has 242 valence electrons. The Bertz CT molecular complexity index is 635. The molecular formula is C39H76N2. The second-order valence-corrected chi connectivity index (χ2v) is 13.6. The van der Waals surface area contributed by atoms with Gasteiger partial charge in [-0.3, -0.25) is 0 Å². The quantitative estimate of drug-likeness (QED) is 0.0785. The molecule has 1 aromatic rings. The van der Waals surface area contributed by atoms with Crippen molar-refractivity contribution in [3.8, 4) is 0 Å². The molecule has 0 aromatic carbocycles. The van der Waals surface area contributed by atoms with E-state index in [4.69, 9.17) is 4.98 Å². The molecule has 1 aromatic heterocycles. The molecule has 0 bridgehead atoms. The van der Waals surface area contributed by atoms with E-state index in [9.17, 15) is 0 Å². The number of aromatic nitrogens is 2. The van der Waals surface area contributed by atoms with Crippen molar-refractivity contribution >= 4 is 0 Å². The van der Waals surface area contributed by atoms with Crippen LogP contribution in [0.5, 0.6) is 0 Å². The molecule has 1 heterocycles. The maximum absolute atomic E-state index is 4.94. The van der Waals surface area contributed by atoms with Gasteiger partial charge in [-0.25, -0.2) is 4.98 Å². The summed E-state index contributed by atoms with van der Waals surface area (Å²) in [4.78, 5) is 4.94. The highest BCUT2D eigenvalue weighted by molar-refractivity contribution is 5.02. The van der Waals surface area contributed by atoms with E-state index in [0.717, 1.165) is 0 Å². The van der Waals surface area contributed by atoms with Crippen molar-refractivity contribution in [3.63, 3.8) is 0 Å². The van der Waals surface area contributed by atoms with E-state index in [1.54, 1.807) is 0 Å². The maximum Gasteiger partial charge on any atom is 0.111 e. The van der Waals surface area contributed by atoms with E-state index in [1.807, 2.05) is 0 Å². The van der Waals surface area contributed by atoms with Crippen molar-refractivity contribution in [2.45, 2.75) is 232 Å². The van der Waals surface area contributed by atoms with Gasteiger partial charge in [-0.2, -0.15) is 0 Å². The van der Waals surface area contributed by atoms with E-state index in [0.29, 0.717) is 12.0 Å². The molecule has 0 N–H and O–H groups in total. The minimum Gasteiger partial charge on any atom is -0.332 e. The van der Waals surface area contributed by atoms with Crippen LogP contribution < -0.4 is 0 Å². The number of nitrogens with zero attached hydrogens (tertiary/aromatic N) is 2. The standard InChI is InChI=1S/C39H76N2/c1-5-8-11-13-15-17-19-20-21-22-23-24-26-28-30-32-37(4)41-36-35-40-39(41)38(33-10-7-3)34-31-29-27-25-18-16-14-12-9-6-2/h35-38H,5-34H2,1-4H3. The summed E-state index contributed by atoms with van der Waals surface area (Å²) < 4.78 is 2.56. The first-order valence-electron chi connectivity index (χ1n) is 19.3. The van der Waals surface area contributed by atoms with Crippen LogP contribution in [0, 0.1) is 0 Å². The van der Waals surface area contributed by atoms with E-state index < -0.39 is 0 Å². The van der Waals surface area contributed by atoms with Gasteiger partial charge in [0.05, 0.1) is 0 Å². The molecule has 0 aliphatic carbocycles. The monoisotopic (exact) mass is 573 g/mol. The highest BCUT2D eigenvalue weighted by Gasteiger charge is 2.19. The number of hydrogen-bond donors (Lipinski definition) is 0. The third kappa shape index (κ3) is 21.5. The lowest BCUT2D eigenvalue weighted by molar-refractivity contribution is 0.415. The molecule has 0 saturated heterocycles. The predicted molar refractivity (Wildman–Crippen MR) is 185 cm³/mol. The molecule has 0 amide bonds. The van der Waals surface area contributed by atoms with Crippen LogP contribution in [0.15, 0.2) is 12.4 Å². The average Bonchev–Trinajstić information content (AvgIpc) is 3.47. The summed E-state index contributed by atoms with van der Waals surface area (Å²) in [5.74, 6) is 2.05. The molecule has 41 heavy (non-hydrogen) atoms. The number of rotatable bonds is 32. The minimum atomic E-state index is 0.589. The third-order valence-electron chi connectivity index (χ3n) is 9.58. The lowest BCUT2D eigenvalue weighted by Crippen LogP contribution is -2.13. The molecule has 0 aliphatic heterocycles. The third-order valence-corrected chi connectivity index (χ3v) is 9.58. The zero-order chi connectivity index (χ0) is 29.6. The number of unbranched alkanes of at least 4 members (excludes halogenated alkanes) is 24. The van der Waals surface area contributed by atoms with Crippen molar-refractivity contribution in [1.82, 2.24) is 9.55 Å². The Morgan fingerprint density at radius 2 is 0.805 bits per heavy atom. The highest BCUT2D eigenvalue weighted by atomic mass is 15.1. The van der Waals surface area contributed by atoms with E-state index in [2.05, 4.69) is 44.7 Å². The van der Waals surface area contributed by atoms with Crippen LogP contribution in [0.3, 0.4) is 0 Å². The Balaban J connectivity index is 2.17. The summed E-state index contributed by atoms with van der Waals surface area (Å²) in [6.45, 7) is 9.39. The second kappa shape index (κ2) is 29.3. The zero-order valence-corrected chi connectivity index (χ0v) is 28.9. The summed E-state index contributed by atoms with van der Waals surface area (Å²) in [5, 5.41) is 0. The number of hydrogen-bond acceptors (Lipinski definition) is 1. The van der Waals surface area contributed by atoms with E-state index in [1.165, 1.54) is 198 Å². The molecule has 0 aliphatic rings. The fraction of sp³-hybridized carbons (Fsp3) is 0.923. The van der Waals surface area contributed by atoms with E-state index in [-0.39, 0.29) is 0 Å². The van der Waals surface area contributed by atoms with E-state index >= 15 is 0 Å². The van der Waals surface area contributed by atoms with Crippen molar-refractivity contribution in [1.29, 1.82) is 0 Å². The average molecular weight is 573 g/mol. The van der Waals surface area contributed by atoms with Crippen molar-refractivity contribution in [2.24, 2.45) is 0 Å². The van der Waals surface area contributed by atoms with Gasteiger partial charge in [0.1, 0.15) is 5.82 Å².